The molecule has 0 bridgehead atoms. The molecule has 3 N–H and O–H groups in total. The maximum Gasteiger partial charge on any atom is 0.323 e. The van der Waals surface area contributed by atoms with E-state index in [2.05, 4.69) is 25.7 Å². The van der Waals surface area contributed by atoms with Crippen LogP contribution in [0.5, 0.6) is 0 Å². The van der Waals surface area contributed by atoms with Crippen LogP contribution in [0.3, 0.4) is 0 Å². The normalized spacial score (nSPS) is 31.9. The quantitative estimate of drug-likeness (QED) is 0.727. The Morgan fingerprint density at radius 2 is 2.00 bits per heavy atom. The van der Waals surface area contributed by atoms with Crippen molar-refractivity contribution < 1.29 is 9.90 Å². The molecule has 1 aliphatic rings. The van der Waals surface area contributed by atoms with E-state index in [0.717, 1.165) is 31.2 Å². The van der Waals surface area contributed by atoms with E-state index in [9.17, 15) is 4.79 Å². The molecule has 1 saturated heterocycles. The van der Waals surface area contributed by atoms with Crippen molar-refractivity contribution in [3.05, 3.63) is 0 Å². The predicted molar refractivity (Wildman–Crippen MR) is 78.1 cm³/mol. The van der Waals surface area contributed by atoms with Gasteiger partial charge in [-0.25, -0.2) is 0 Å². The Morgan fingerprint density at radius 1 is 1.37 bits per heavy atom. The van der Waals surface area contributed by atoms with Crippen LogP contribution in [0.2, 0.25) is 0 Å². The Bertz CT molecular complexity index is 305. The van der Waals surface area contributed by atoms with Crippen molar-refractivity contribution in [1.82, 2.24) is 4.90 Å². The van der Waals surface area contributed by atoms with E-state index in [1.165, 1.54) is 13.0 Å². The molecule has 19 heavy (non-hydrogen) atoms. The number of carboxylic acids is 1. The lowest BCUT2D eigenvalue weighted by atomic mass is 9.86. The number of unbranched alkanes of at least 4 members (excludes halogenated alkanes) is 1. The smallest absolute Gasteiger partial charge is 0.323 e. The SMILES string of the molecule is CC1CC(C)C(C)N(CCCCC(C)(N)C(=O)O)C1. The van der Waals surface area contributed by atoms with Gasteiger partial charge in [-0.15, -0.1) is 0 Å². The number of carboxylic acid groups (broad SMARTS) is 1. The van der Waals surface area contributed by atoms with E-state index in [1.54, 1.807) is 6.92 Å². The fraction of sp³-hybridized carbons (Fsp3) is 0.933. The van der Waals surface area contributed by atoms with Crippen LogP contribution in [0.25, 0.3) is 0 Å². The number of piperidine rings is 1. The summed E-state index contributed by atoms with van der Waals surface area (Å²) in [5.41, 5.74) is 4.66. The predicted octanol–water partition coefficient (Wildman–Crippen LogP) is 2.33. The van der Waals surface area contributed by atoms with Gasteiger partial charge in [0.15, 0.2) is 0 Å². The summed E-state index contributed by atoms with van der Waals surface area (Å²) >= 11 is 0. The number of likely N-dealkylation sites (tertiary alicyclic amines) is 1. The molecule has 112 valence electrons. The fourth-order valence-electron chi connectivity index (χ4n) is 3.04. The highest BCUT2D eigenvalue weighted by molar-refractivity contribution is 5.77. The summed E-state index contributed by atoms with van der Waals surface area (Å²) in [6.07, 6.45) is 3.78. The molecule has 0 radical (unpaired) electrons. The standard InChI is InChI=1S/C15H30N2O2/c1-11-9-12(2)13(3)17(10-11)8-6-5-7-15(4,16)14(18)19/h11-13H,5-10,16H2,1-4H3,(H,18,19). The van der Waals surface area contributed by atoms with Crippen molar-refractivity contribution in [1.29, 1.82) is 0 Å². The average Bonchev–Trinajstić information content (AvgIpc) is 2.30. The highest BCUT2D eigenvalue weighted by Crippen LogP contribution is 2.27. The van der Waals surface area contributed by atoms with Gasteiger partial charge < -0.3 is 15.7 Å². The van der Waals surface area contributed by atoms with Gasteiger partial charge in [0.05, 0.1) is 0 Å². The lowest BCUT2D eigenvalue weighted by Crippen LogP contribution is -2.46. The minimum Gasteiger partial charge on any atom is -0.480 e. The molecule has 0 aromatic rings. The van der Waals surface area contributed by atoms with Crippen molar-refractivity contribution in [2.75, 3.05) is 13.1 Å². The van der Waals surface area contributed by atoms with E-state index in [-0.39, 0.29) is 0 Å². The van der Waals surface area contributed by atoms with Gasteiger partial charge >= 0.3 is 5.97 Å². The Hall–Kier alpha value is -0.610. The molecule has 4 heteroatoms. The first-order chi connectivity index (χ1) is 8.74. The first-order valence-electron chi connectivity index (χ1n) is 7.50. The maximum absolute atomic E-state index is 10.9. The summed E-state index contributed by atoms with van der Waals surface area (Å²) < 4.78 is 0. The zero-order chi connectivity index (χ0) is 14.6. The third-order valence-corrected chi connectivity index (χ3v) is 4.60. The molecule has 0 spiro atoms. The molecule has 1 fully saturated rings. The largest absolute Gasteiger partial charge is 0.480 e. The Morgan fingerprint density at radius 3 is 2.58 bits per heavy atom. The number of hydrogen-bond donors (Lipinski definition) is 2. The zero-order valence-electron chi connectivity index (χ0n) is 12.9. The lowest BCUT2D eigenvalue weighted by Gasteiger charge is -2.41. The first kappa shape index (κ1) is 16.4. The third-order valence-electron chi connectivity index (χ3n) is 4.60. The maximum atomic E-state index is 10.9. The number of nitrogens with zero attached hydrogens (tertiary/aromatic N) is 1. The summed E-state index contributed by atoms with van der Waals surface area (Å²) in [6, 6.07) is 0.639. The van der Waals surface area contributed by atoms with Crippen LogP contribution in [0.1, 0.15) is 53.4 Å². The zero-order valence-corrected chi connectivity index (χ0v) is 12.9. The Balaban J connectivity index is 2.31. The molecule has 4 nitrogen and oxygen atoms in total. The van der Waals surface area contributed by atoms with Crippen molar-refractivity contribution >= 4 is 5.97 Å². The van der Waals surface area contributed by atoms with E-state index < -0.39 is 11.5 Å². The van der Waals surface area contributed by atoms with E-state index in [0.29, 0.717) is 12.5 Å². The van der Waals surface area contributed by atoms with Crippen LogP contribution in [0.4, 0.5) is 0 Å². The second-order valence-corrected chi connectivity index (χ2v) is 6.73. The third kappa shape index (κ3) is 4.77. The molecule has 4 atom stereocenters. The van der Waals surface area contributed by atoms with Crippen LogP contribution in [0, 0.1) is 11.8 Å². The molecule has 4 unspecified atom stereocenters. The van der Waals surface area contributed by atoms with Crippen LogP contribution in [-0.2, 0) is 4.79 Å². The summed E-state index contributed by atoms with van der Waals surface area (Å²) in [5, 5.41) is 8.97. The highest BCUT2D eigenvalue weighted by atomic mass is 16.4. The van der Waals surface area contributed by atoms with Gasteiger partial charge in [-0.3, -0.25) is 4.79 Å². The molecule has 0 aliphatic carbocycles. The summed E-state index contributed by atoms with van der Waals surface area (Å²) in [6.45, 7) is 10.8. The topological polar surface area (TPSA) is 66.6 Å². The minimum absolute atomic E-state index is 0.551. The van der Waals surface area contributed by atoms with Crippen molar-refractivity contribution in [3.8, 4) is 0 Å². The van der Waals surface area contributed by atoms with Crippen molar-refractivity contribution in [3.63, 3.8) is 0 Å². The number of nitrogens with two attached hydrogens (primary N) is 1. The highest BCUT2D eigenvalue weighted by Gasteiger charge is 2.29. The Labute approximate surface area is 117 Å². The minimum atomic E-state index is -1.08. The Kier molecular flexibility index (Phi) is 5.81. The number of carbonyl (C=O) groups is 1. The van der Waals surface area contributed by atoms with Gasteiger partial charge in [0.1, 0.15) is 5.54 Å². The molecule has 1 heterocycles. The lowest BCUT2D eigenvalue weighted by molar-refractivity contribution is -0.142. The van der Waals surface area contributed by atoms with Gasteiger partial charge in [-0.05, 0) is 57.9 Å². The van der Waals surface area contributed by atoms with Gasteiger partial charge in [0, 0.05) is 12.6 Å². The molecular weight excluding hydrogens is 240 g/mol. The molecule has 0 aromatic carbocycles. The molecule has 0 aromatic heterocycles. The molecular formula is C15H30N2O2. The molecule has 0 amide bonds. The number of hydrogen-bond acceptors (Lipinski definition) is 3. The summed E-state index contributed by atoms with van der Waals surface area (Å²) in [4.78, 5) is 13.5. The van der Waals surface area contributed by atoms with Crippen LogP contribution in [0.15, 0.2) is 0 Å². The van der Waals surface area contributed by atoms with Crippen LogP contribution < -0.4 is 5.73 Å². The van der Waals surface area contributed by atoms with E-state index in [4.69, 9.17) is 10.8 Å². The molecule has 0 saturated carbocycles. The van der Waals surface area contributed by atoms with E-state index in [1.807, 2.05) is 0 Å². The van der Waals surface area contributed by atoms with Gasteiger partial charge in [0.25, 0.3) is 0 Å². The number of rotatable bonds is 6. The summed E-state index contributed by atoms with van der Waals surface area (Å²) in [7, 11) is 0. The van der Waals surface area contributed by atoms with E-state index >= 15 is 0 Å². The van der Waals surface area contributed by atoms with Crippen LogP contribution >= 0.6 is 0 Å². The van der Waals surface area contributed by atoms with Crippen LogP contribution in [-0.4, -0.2) is 40.6 Å². The molecule has 1 rings (SSSR count). The number of aliphatic carboxylic acids is 1. The van der Waals surface area contributed by atoms with Gasteiger partial charge in [-0.1, -0.05) is 13.8 Å². The average molecular weight is 270 g/mol. The second kappa shape index (κ2) is 6.71. The monoisotopic (exact) mass is 270 g/mol. The fourth-order valence-corrected chi connectivity index (χ4v) is 3.04. The van der Waals surface area contributed by atoms with Gasteiger partial charge in [-0.2, -0.15) is 0 Å². The molecule has 1 aliphatic heterocycles. The van der Waals surface area contributed by atoms with Gasteiger partial charge in [0.2, 0.25) is 0 Å². The summed E-state index contributed by atoms with van der Waals surface area (Å²) in [5.74, 6) is 0.619. The second-order valence-electron chi connectivity index (χ2n) is 6.73. The van der Waals surface area contributed by atoms with Crippen molar-refractivity contribution in [2.24, 2.45) is 17.6 Å². The first-order valence-corrected chi connectivity index (χ1v) is 7.50. The van der Waals surface area contributed by atoms with Crippen molar-refractivity contribution in [2.45, 2.75) is 65.0 Å².